The molecule has 0 amide bonds. The lowest BCUT2D eigenvalue weighted by atomic mass is 10.0. The van der Waals surface area contributed by atoms with Crippen LogP contribution in [0.2, 0.25) is 0 Å². The Labute approximate surface area is 89.1 Å². The number of benzene rings is 1. The first-order valence-corrected chi connectivity index (χ1v) is 4.53. The van der Waals surface area contributed by atoms with Crippen molar-refractivity contribution in [1.82, 2.24) is 0 Å². The van der Waals surface area contributed by atoms with E-state index < -0.39 is 17.7 Å². The highest BCUT2D eigenvalue weighted by molar-refractivity contribution is 5.28. The number of alkyl halides is 5. The Hall–Kier alpha value is -1.17. The van der Waals surface area contributed by atoms with Crippen LogP contribution in [0.1, 0.15) is 11.1 Å². The maximum atomic E-state index is 12.9. The van der Waals surface area contributed by atoms with E-state index in [0.29, 0.717) is 5.56 Å². The van der Waals surface area contributed by atoms with Crippen LogP contribution in [0.5, 0.6) is 0 Å². The van der Waals surface area contributed by atoms with Gasteiger partial charge < -0.3 is 5.73 Å². The number of nitrogens with two attached hydrogens (primary N) is 1. The second kappa shape index (κ2) is 4.37. The van der Waals surface area contributed by atoms with Gasteiger partial charge >= 0.3 is 12.1 Å². The first-order chi connectivity index (χ1) is 7.29. The summed E-state index contributed by atoms with van der Waals surface area (Å²) >= 11 is 0. The molecule has 0 radical (unpaired) electrons. The van der Waals surface area contributed by atoms with Crippen LogP contribution >= 0.6 is 0 Å². The molecule has 2 N–H and O–H groups in total. The lowest BCUT2D eigenvalue weighted by Gasteiger charge is -2.20. The quantitative estimate of drug-likeness (QED) is 0.806. The van der Waals surface area contributed by atoms with Gasteiger partial charge in [0.2, 0.25) is 0 Å². The molecule has 0 saturated heterocycles. The van der Waals surface area contributed by atoms with Gasteiger partial charge in [-0.2, -0.15) is 22.0 Å². The zero-order chi connectivity index (χ0) is 12.4. The van der Waals surface area contributed by atoms with Crippen LogP contribution in [0, 0.1) is 0 Å². The Morgan fingerprint density at radius 3 is 2.19 bits per heavy atom. The van der Waals surface area contributed by atoms with E-state index in [1.165, 1.54) is 12.1 Å². The fourth-order valence-corrected chi connectivity index (χ4v) is 1.25. The van der Waals surface area contributed by atoms with Crippen LogP contribution in [0.15, 0.2) is 24.3 Å². The molecule has 0 atom stereocenters. The van der Waals surface area contributed by atoms with Gasteiger partial charge in [0.1, 0.15) is 0 Å². The molecular weight excluding hydrogens is 229 g/mol. The van der Waals surface area contributed by atoms with Crippen molar-refractivity contribution >= 4 is 0 Å². The maximum absolute atomic E-state index is 12.9. The molecule has 0 aromatic heterocycles. The number of rotatable bonds is 3. The maximum Gasteiger partial charge on any atom is 0.458 e. The molecule has 1 aromatic carbocycles. The molecule has 0 heterocycles. The molecule has 1 aromatic rings. The fourth-order valence-electron chi connectivity index (χ4n) is 1.25. The number of hydrogen-bond donors (Lipinski definition) is 1. The monoisotopic (exact) mass is 239 g/mol. The van der Waals surface area contributed by atoms with Crippen LogP contribution in [-0.2, 0) is 12.3 Å². The minimum Gasteiger partial charge on any atom is -0.330 e. The largest absolute Gasteiger partial charge is 0.458 e. The summed E-state index contributed by atoms with van der Waals surface area (Å²) in [6.45, 7) is 0.195. The zero-order valence-corrected chi connectivity index (χ0v) is 8.19. The molecule has 0 aliphatic rings. The van der Waals surface area contributed by atoms with Gasteiger partial charge in [-0.3, -0.25) is 0 Å². The van der Waals surface area contributed by atoms with Gasteiger partial charge in [0.15, 0.2) is 0 Å². The lowest BCUT2D eigenvalue weighted by molar-refractivity contribution is -0.289. The molecule has 0 unspecified atom stereocenters. The van der Waals surface area contributed by atoms with Crippen LogP contribution in [0.25, 0.3) is 0 Å². The normalized spacial score (nSPS) is 12.9. The van der Waals surface area contributed by atoms with E-state index in [9.17, 15) is 22.0 Å². The molecule has 0 fully saturated rings. The van der Waals surface area contributed by atoms with Gasteiger partial charge in [0.25, 0.3) is 0 Å². The van der Waals surface area contributed by atoms with E-state index in [1.807, 2.05) is 0 Å². The predicted molar refractivity (Wildman–Crippen MR) is 49.1 cm³/mol. The molecule has 0 aliphatic heterocycles. The van der Waals surface area contributed by atoms with Crippen molar-refractivity contribution in [3.63, 3.8) is 0 Å². The Balaban J connectivity index is 3.08. The summed E-state index contributed by atoms with van der Waals surface area (Å²) in [6.07, 6.45) is -5.31. The number of halogens is 5. The van der Waals surface area contributed by atoms with Crippen LogP contribution < -0.4 is 5.73 Å². The predicted octanol–water partition coefficient (Wildman–Crippen LogP) is 2.84. The standard InChI is InChI=1S/C10H10F5N/c11-9(12,10(13,14)15)8-3-1-2-7(6-8)4-5-16/h1-3,6H,4-5,16H2. The second-order valence-corrected chi connectivity index (χ2v) is 3.31. The summed E-state index contributed by atoms with van der Waals surface area (Å²) in [6, 6.07) is 4.22. The third kappa shape index (κ3) is 2.49. The van der Waals surface area contributed by atoms with Crippen LogP contribution in [0.3, 0.4) is 0 Å². The third-order valence-corrected chi connectivity index (χ3v) is 2.08. The first kappa shape index (κ1) is 12.9. The highest BCUT2D eigenvalue weighted by Crippen LogP contribution is 2.43. The van der Waals surface area contributed by atoms with Crippen molar-refractivity contribution in [3.8, 4) is 0 Å². The molecule has 90 valence electrons. The van der Waals surface area contributed by atoms with Crippen molar-refractivity contribution < 1.29 is 22.0 Å². The average molecular weight is 239 g/mol. The Morgan fingerprint density at radius 1 is 1.06 bits per heavy atom. The Morgan fingerprint density at radius 2 is 1.69 bits per heavy atom. The third-order valence-electron chi connectivity index (χ3n) is 2.08. The zero-order valence-electron chi connectivity index (χ0n) is 8.19. The number of hydrogen-bond acceptors (Lipinski definition) is 1. The van der Waals surface area contributed by atoms with E-state index in [2.05, 4.69) is 0 Å². The summed E-state index contributed by atoms with van der Waals surface area (Å²) in [4.78, 5) is 0. The fraction of sp³-hybridized carbons (Fsp3) is 0.400. The molecule has 0 spiro atoms. The van der Waals surface area contributed by atoms with E-state index in [-0.39, 0.29) is 13.0 Å². The van der Waals surface area contributed by atoms with Crippen LogP contribution in [0.4, 0.5) is 22.0 Å². The van der Waals surface area contributed by atoms with Gasteiger partial charge in [-0.1, -0.05) is 18.2 Å². The SMILES string of the molecule is NCCc1cccc(C(F)(F)C(F)(F)F)c1. The second-order valence-electron chi connectivity index (χ2n) is 3.31. The highest BCUT2D eigenvalue weighted by Gasteiger charge is 2.58. The van der Waals surface area contributed by atoms with E-state index >= 15 is 0 Å². The van der Waals surface area contributed by atoms with E-state index in [0.717, 1.165) is 12.1 Å². The summed E-state index contributed by atoms with van der Waals surface area (Å²) in [5.74, 6) is -4.82. The molecule has 1 rings (SSSR count). The molecule has 1 nitrogen and oxygen atoms in total. The van der Waals surface area contributed by atoms with Crippen molar-refractivity contribution in [3.05, 3.63) is 35.4 Å². The topological polar surface area (TPSA) is 26.0 Å². The molecular formula is C10H10F5N. The smallest absolute Gasteiger partial charge is 0.330 e. The molecule has 0 aliphatic carbocycles. The highest BCUT2D eigenvalue weighted by atomic mass is 19.4. The van der Waals surface area contributed by atoms with E-state index in [1.54, 1.807) is 0 Å². The summed E-state index contributed by atoms with van der Waals surface area (Å²) in [5.41, 5.74) is 4.51. The average Bonchev–Trinajstić information content (AvgIpc) is 2.17. The summed E-state index contributed by atoms with van der Waals surface area (Å²) in [5, 5.41) is 0. The minimum absolute atomic E-state index is 0.195. The van der Waals surface area contributed by atoms with Crippen LogP contribution in [-0.4, -0.2) is 12.7 Å². The minimum atomic E-state index is -5.58. The van der Waals surface area contributed by atoms with Gasteiger partial charge in [-0.15, -0.1) is 0 Å². The summed E-state index contributed by atoms with van der Waals surface area (Å²) in [7, 11) is 0. The van der Waals surface area contributed by atoms with Crippen molar-refractivity contribution in [2.45, 2.75) is 18.5 Å². The molecule has 6 heteroatoms. The Bertz CT molecular complexity index is 358. The van der Waals surface area contributed by atoms with Crippen molar-refractivity contribution in [2.24, 2.45) is 5.73 Å². The van der Waals surface area contributed by atoms with E-state index in [4.69, 9.17) is 5.73 Å². The molecule has 16 heavy (non-hydrogen) atoms. The van der Waals surface area contributed by atoms with Crippen molar-refractivity contribution in [1.29, 1.82) is 0 Å². The molecule has 0 bridgehead atoms. The van der Waals surface area contributed by atoms with Gasteiger partial charge in [0.05, 0.1) is 0 Å². The molecule has 0 saturated carbocycles. The summed E-state index contributed by atoms with van der Waals surface area (Å²) < 4.78 is 62.0. The van der Waals surface area contributed by atoms with Crippen molar-refractivity contribution in [2.75, 3.05) is 6.54 Å². The van der Waals surface area contributed by atoms with Gasteiger partial charge in [-0.25, -0.2) is 0 Å². The van der Waals surface area contributed by atoms with Gasteiger partial charge in [-0.05, 0) is 24.6 Å². The lowest BCUT2D eigenvalue weighted by Crippen LogP contribution is -2.33. The first-order valence-electron chi connectivity index (χ1n) is 4.53. The Kier molecular flexibility index (Phi) is 3.52. The van der Waals surface area contributed by atoms with Gasteiger partial charge in [0, 0.05) is 5.56 Å².